The van der Waals surface area contributed by atoms with Crippen molar-refractivity contribution < 1.29 is 0 Å². The third-order valence-corrected chi connectivity index (χ3v) is 3.11. The predicted octanol–water partition coefficient (Wildman–Crippen LogP) is 1.62. The molecular formula is C13H19N2. The van der Waals surface area contributed by atoms with Crippen molar-refractivity contribution in [1.29, 1.82) is 0 Å². The van der Waals surface area contributed by atoms with Crippen LogP contribution < -0.4 is 0 Å². The van der Waals surface area contributed by atoms with Crippen molar-refractivity contribution in [2.45, 2.75) is 6.54 Å². The van der Waals surface area contributed by atoms with Crippen LogP contribution in [0.3, 0.4) is 0 Å². The molecule has 15 heavy (non-hydrogen) atoms. The molecule has 2 rings (SSSR count). The molecule has 1 aromatic carbocycles. The maximum Gasteiger partial charge on any atom is 0.0237 e. The molecule has 1 heterocycles. The lowest BCUT2D eigenvalue weighted by molar-refractivity contribution is 0.148. The van der Waals surface area contributed by atoms with Gasteiger partial charge in [-0.25, -0.2) is 0 Å². The van der Waals surface area contributed by atoms with Gasteiger partial charge in [-0.1, -0.05) is 24.3 Å². The average Bonchev–Trinajstić information content (AvgIpc) is 2.25. The fraction of sp³-hybridized carbons (Fsp3) is 0.462. The Labute approximate surface area is 92.5 Å². The molecule has 0 N–H and O–H groups in total. The third kappa shape index (κ3) is 2.80. The lowest BCUT2D eigenvalue weighted by Crippen LogP contribution is -2.43. The van der Waals surface area contributed by atoms with Gasteiger partial charge in [-0.15, -0.1) is 0 Å². The highest BCUT2D eigenvalue weighted by Gasteiger charge is 2.14. The summed E-state index contributed by atoms with van der Waals surface area (Å²) in [5.74, 6) is 0. The van der Waals surface area contributed by atoms with Crippen molar-refractivity contribution >= 4 is 0 Å². The minimum absolute atomic E-state index is 1.05. The SMILES string of the molecule is [CH2]c1ccccc1CN1CCN(C)CC1. The lowest BCUT2D eigenvalue weighted by Gasteiger charge is -2.32. The van der Waals surface area contributed by atoms with E-state index in [0.29, 0.717) is 0 Å². The normalized spacial score (nSPS) is 19.3. The second-order valence-electron chi connectivity index (χ2n) is 4.35. The summed E-state index contributed by atoms with van der Waals surface area (Å²) >= 11 is 0. The summed E-state index contributed by atoms with van der Waals surface area (Å²) < 4.78 is 0. The summed E-state index contributed by atoms with van der Waals surface area (Å²) in [5, 5.41) is 0. The van der Waals surface area contributed by atoms with Gasteiger partial charge >= 0.3 is 0 Å². The van der Waals surface area contributed by atoms with E-state index in [1.807, 2.05) is 0 Å². The van der Waals surface area contributed by atoms with Crippen LogP contribution in [0.25, 0.3) is 0 Å². The summed E-state index contributed by atoms with van der Waals surface area (Å²) in [5.41, 5.74) is 2.53. The molecule has 2 heteroatoms. The first kappa shape index (κ1) is 10.7. The second-order valence-corrected chi connectivity index (χ2v) is 4.35. The van der Waals surface area contributed by atoms with Crippen LogP contribution in [0.2, 0.25) is 0 Å². The first-order chi connectivity index (χ1) is 7.25. The van der Waals surface area contributed by atoms with Gasteiger partial charge in [0, 0.05) is 32.7 Å². The average molecular weight is 203 g/mol. The highest BCUT2D eigenvalue weighted by atomic mass is 15.2. The molecule has 1 fully saturated rings. The topological polar surface area (TPSA) is 6.48 Å². The quantitative estimate of drug-likeness (QED) is 0.720. The summed E-state index contributed by atoms with van der Waals surface area (Å²) in [4.78, 5) is 4.89. The summed E-state index contributed by atoms with van der Waals surface area (Å²) in [7, 11) is 2.19. The fourth-order valence-corrected chi connectivity index (χ4v) is 1.96. The highest BCUT2D eigenvalue weighted by Crippen LogP contribution is 2.11. The van der Waals surface area contributed by atoms with Crippen molar-refractivity contribution in [3.8, 4) is 0 Å². The molecular weight excluding hydrogens is 184 g/mol. The molecule has 81 valence electrons. The standard InChI is InChI=1S/C13H19N2/c1-12-5-3-4-6-13(12)11-15-9-7-14(2)8-10-15/h3-6H,1,7-11H2,2H3. The zero-order valence-electron chi connectivity index (χ0n) is 9.45. The van der Waals surface area contributed by atoms with E-state index in [1.54, 1.807) is 0 Å². The van der Waals surface area contributed by atoms with Crippen LogP contribution in [-0.4, -0.2) is 43.0 Å². The van der Waals surface area contributed by atoms with E-state index in [0.717, 1.165) is 12.1 Å². The Hall–Kier alpha value is -0.860. The Kier molecular flexibility index (Phi) is 3.39. The van der Waals surface area contributed by atoms with Gasteiger partial charge in [0.15, 0.2) is 0 Å². The monoisotopic (exact) mass is 203 g/mol. The molecule has 1 radical (unpaired) electrons. The van der Waals surface area contributed by atoms with E-state index >= 15 is 0 Å². The van der Waals surface area contributed by atoms with Gasteiger partial charge in [0.1, 0.15) is 0 Å². The summed E-state index contributed by atoms with van der Waals surface area (Å²) in [6, 6.07) is 8.42. The number of hydrogen-bond donors (Lipinski definition) is 0. The first-order valence-corrected chi connectivity index (χ1v) is 5.56. The first-order valence-electron chi connectivity index (χ1n) is 5.56. The van der Waals surface area contributed by atoms with Crippen LogP contribution in [0.4, 0.5) is 0 Å². The number of benzene rings is 1. The van der Waals surface area contributed by atoms with Gasteiger partial charge in [-0.3, -0.25) is 4.90 Å². The molecule has 1 aromatic rings. The summed E-state index contributed by atoms with van der Waals surface area (Å²) in [6.45, 7) is 9.82. The number of nitrogens with zero attached hydrogens (tertiary/aromatic N) is 2. The van der Waals surface area contributed by atoms with Gasteiger partial charge < -0.3 is 4.90 Å². The Morgan fingerprint density at radius 1 is 1.13 bits per heavy atom. The van der Waals surface area contributed by atoms with Crippen LogP contribution in [0.15, 0.2) is 24.3 Å². The zero-order chi connectivity index (χ0) is 10.7. The summed E-state index contributed by atoms with van der Waals surface area (Å²) in [6.07, 6.45) is 0. The fourth-order valence-electron chi connectivity index (χ4n) is 1.96. The van der Waals surface area contributed by atoms with Crippen LogP contribution in [0.5, 0.6) is 0 Å². The molecule has 0 spiro atoms. The van der Waals surface area contributed by atoms with Gasteiger partial charge in [0.2, 0.25) is 0 Å². The van der Waals surface area contributed by atoms with Gasteiger partial charge in [-0.2, -0.15) is 0 Å². The molecule has 1 aliphatic rings. The van der Waals surface area contributed by atoms with Crippen LogP contribution in [0.1, 0.15) is 11.1 Å². The largest absolute Gasteiger partial charge is 0.304 e. The second kappa shape index (κ2) is 4.77. The Bertz CT molecular complexity index is 314. The van der Waals surface area contributed by atoms with E-state index in [4.69, 9.17) is 0 Å². The maximum atomic E-state index is 4.06. The van der Waals surface area contributed by atoms with Crippen molar-refractivity contribution in [2.24, 2.45) is 0 Å². The number of likely N-dealkylation sites (N-methyl/N-ethyl adjacent to an activating group) is 1. The van der Waals surface area contributed by atoms with E-state index < -0.39 is 0 Å². The molecule has 0 bridgehead atoms. The minimum Gasteiger partial charge on any atom is -0.304 e. The van der Waals surface area contributed by atoms with Gasteiger partial charge in [-0.05, 0) is 25.1 Å². The predicted molar refractivity (Wildman–Crippen MR) is 63.7 cm³/mol. The Balaban J connectivity index is 1.95. The molecule has 0 aromatic heterocycles. The lowest BCUT2D eigenvalue weighted by atomic mass is 10.1. The smallest absolute Gasteiger partial charge is 0.0237 e. The maximum absolute atomic E-state index is 4.06. The molecule has 1 saturated heterocycles. The van der Waals surface area contributed by atoms with Crippen molar-refractivity contribution in [3.63, 3.8) is 0 Å². The Morgan fingerprint density at radius 3 is 2.47 bits per heavy atom. The van der Waals surface area contributed by atoms with E-state index in [-0.39, 0.29) is 0 Å². The van der Waals surface area contributed by atoms with E-state index in [9.17, 15) is 0 Å². The van der Waals surface area contributed by atoms with Crippen molar-refractivity contribution in [3.05, 3.63) is 42.3 Å². The Morgan fingerprint density at radius 2 is 1.80 bits per heavy atom. The highest BCUT2D eigenvalue weighted by molar-refractivity contribution is 5.29. The number of rotatable bonds is 2. The van der Waals surface area contributed by atoms with E-state index in [1.165, 1.54) is 31.7 Å². The molecule has 0 unspecified atom stereocenters. The molecule has 0 saturated carbocycles. The molecule has 1 aliphatic heterocycles. The molecule has 0 aliphatic carbocycles. The van der Waals surface area contributed by atoms with Crippen LogP contribution >= 0.6 is 0 Å². The minimum atomic E-state index is 1.05. The van der Waals surface area contributed by atoms with Gasteiger partial charge in [0.05, 0.1) is 0 Å². The molecule has 0 amide bonds. The number of piperazine rings is 1. The molecule has 0 atom stereocenters. The number of hydrogen-bond acceptors (Lipinski definition) is 2. The third-order valence-electron chi connectivity index (χ3n) is 3.11. The van der Waals surface area contributed by atoms with Crippen LogP contribution in [0, 0.1) is 6.92 Å². The molecule has 2 nitrogen and oxygen atoms in total. The van der Waals surface area contributed by atoms with Crippen molar-refractivity contribution in [2.75, 3.05) is 33.2 Å². The van der Waals surface area contributed by atoms with Crippen LogP contribution in [-0.2, 0) is 6.54 Å². The van der Waals surface area contributed by atoms with Crippen molar-refractivity contribution in [1.82, 2.24) is 9.80 Å². The van der Waals surface area contributed by atoms with Gasteiger partial charge in [0.25, 0.3) is 0 Å². The van der Waals surface area contributed by atoms with E-state index in [2.05, 4.69) is 48.0 Å². The zero-order valence-corrected chi connectivity index (χ0v) is 9.45.